The fourth-order valence-corrected chi connectivity index (χ4v) is 2.06. The fourth-order valence-electron chi connectivity index (χ4n) is 2.06. The maximum atomic E-state index is 12.3. The van der Waals surface area contributed by atoms with Gasteiger partial charge in [-0.15, -0.1) is 0 Å². The van der Waals surface area contributed by atoms with Crippen molar-refractivity contribution in [2.45, 2.75) is 58.9 Å². The minimum atomic E-state index is -0.838. The van der Waals surface area contributed by atoms with Gasteiger partial charge in [0, 0.05) is 19.7 Å². The van der Waals surface area contributed by atoms with Crippen molar-refractivity contribution in [2.75, 3.05) is 19.8 Å². The lowest BCUT2D eigenvalue weighted by molar-refractivity contribution is -0.525. The first-order chi connectivity index (χ1) is 13.3. The zero-order chi connectivity index (χ0) is 21.4. The number of rotatable bonds is 15. The van der Waals surface area contributed by atoms with Crippen LogP contribution in [0.2, 0.25) is 0 Å². The molecule has 0 aromatic heterocycles. The van der Waals surface area contributed by atoms with E-state index >= 15 is 0 Å². The van der Waals surface area contributed by atoms with Crippen LogP contribution in [0, 0.1) is 28.0 Å². The maximum absolute atomic E-state index is 12.3. The van der Waals surface area contributed by atoms with Gasteiger partial charge in [0.05, 0.1) is 0 Å². The lowest BCUT2D eigenvalue weighted by Crippen LogP contribution is -2.47. The second kappa shape index (κ2) is 15.6. The molecule has 0 aromatic rings. The Morgan fingerprint density at radius 3 is 2.61 bits per heavy atom. The van der Waals surface area contributed by atoms with Gasteiger partial charge in [0.25, 0.3) is 5.96 Å². The van der Waals surface area contributed by atoms with Crippen LogP contribution in [-0.4, -0.2) is 48.6 Å². The molecule has 0 saturated carbocycles. The van der Waals surface area contributed by atoms with Gasteiger partial charge in [-0.1, -0.05) is 32.6 Å². The molecule has 0 spiro atoms. The molecule has 28 heavy (non-hydrogen) atoms. The summed E-state index contributed by atoms with van der Waals surface area (Å²) in [7, 11) is 0. The number of hydrogen-bond donors (Lipinski definition) is 5. The number of ether oxygens (including phenoxy) is 1. The number of unbranched alkanes of at least 4 members (excludes halogenated alkanes) is 1. The number of amides is 2. The van der Waals surface area contributed by atoms with E-state index in [1.54, 1.807) is 12.0 Å². The monoisotopic (exact) mass is 401 g/mol. The van der Waals surface area contributed by atoms with Gasteiger partial charge >= 0.3 is 0 Å². The highest BCUT2D eigenvalue weighted by Crippen LogP contribution is 2.02. The summed E-state index contributed by atoms with van der Waals surface area (Å²) in [4.78, 5) is 34.6. The predicted molar refractivity (Wildman–Crippen MR) is 105 cm³/mol. The zero-order valence-electron chi connectivity index (χ0n) is 16.9. The molecule has 2 amide bonds. The molecule has 11 nitrogen and oxygen atoms in total. The summed E-state index contributed by atoms with van der Waals surface area (Å²) >= 11 is 0. The van der Waals surface area contributed by atoms with Crippen LogP contribution >= 0.6 is 0 Å². The van der Waals surface area contributed by atoms with Gasteiger partial charge in [-0.05, 0) is 31.6 Å². The molecule has 0 aromatic carbocycles. The van der Waals surface area contributed by atoms with Gasteiger partial charge < -0.3 is 20.7 Å². The van der Waals surface area contributed by atoms with Crippen molar-refractivity contribution in [3.8, 4) is 0 Å². The van der Waals surface area contributed by atoms with Gasteiger partial charge in [-0.2, -0.15) is 0 Å². The van der Waals surface area contributed by atoms with Gasteiger partial charge in [0.2, 0.25) is 11.8 Å². The molecule has 0 aliphatic heterocycles. The van der Waals surface area contributed by atoms with E-state index in [1.165, 1.54) is 0 Å². The number of nitro groups is 1. The number of hydrogen-bond acceptors (Lipinski definition) is 6. The molecule has 161 valence electrons. The molecule has 0 aliphatic carbocycles. The Morgan fingerprint density at radius 1 is 1.29 bits per heavy atom. The Hall–Kier alpha value is -2.43. The Labute approximate surface area is 166 Å². The topological polar surface area (TPSA) is 158 Å². The minimum absolute atomic E-state index is 0.116. The molecular formula is C17H33N6O5. The Kier molecular flexibility index (Phi) is 14.3. The molecule has 0 saturated heterocycles. The normalized spacial score (nSPS) is 11.6. The molecule has 11 heteroatoms. The van der Waals surface area contributed by atoms with Crippen molar-refractivity contribution in [2.24, 2.45) is 5.92 Å². The van der Waals surface area contributed by atoms with Crippen molar-refractivity contribution < 1.29 is 19.4 Å². The highest BCUT2D eigenvalue weighted by atomic mass is 16.7. The molecule has 5 N–H and O–H groups in total. The summed E-state index contributed by atoms with van der Waals surface area (Å²) in [5.74, 6) is -0.758. The molecule has 1 radical (unpaired) electrons. The van der Waals surface area contributed by atoms with E-state index in [2.05, 4.69) is 16.0 Å². The van der Waals surface area contributed by atoms with Gasteiger partial charge in [-0.3, -0.25) is 15.0 Å². The van der Waals surface area contributed by atoms with Crippen LogP contribution < -0.4 is 21.4 Å². The van der Waals surface area contributed by atoms with Gasteiger partial charge in [0.1, 0.15) is 12.6 Å². The molecule has 0 fully saturated rings. The van der Waals surface area contributed by atoms with Crippen molar-refractivity contribution in [1.82, 2.24) is 21.4 Å². The summed E-state index contributed by atoms with van der Waals surface area (Å²) in [6.45, 7) is 8.34. The predicted octanol–water partition coefficient (Wildman–Crippen LogP) is 0.698. The number of nitrogens with one attached hydrogen (secondary N) is 5. The fraction of sp³-hybridized carbons (Fsp3) is 0.765. The minimum Gasteiger partial charge on any atom is -0.372 e. The van der Waals surface area contributed by atoms with Crippen LogP contribution in [0.3, 0.4) is 0 Å². The first kappa shape index (κ1) is 25.6. The van der Waals surface area contributed by atoms with Crippen molar-refractivity contribution in [3.63, 3.8) is 0 Å². The second-order valence-corrected chi connectivity index (χ2v) is 6.68. The third kappa shape index (κ3) is 14.7. The van der Waals surface area contributed by atoms with E-state index in [9.17, 15) is 19.7 Å². The SMILES string of the molecule is CCCCOCC(=O)N[C@@H](CCCNC(=N)N[N+](=O)[O-])C(=O)N[CH]CC(C)C. The quantitative estimate of drug-likeness (QED) is 0.0888. The number of guanidine groups is 1. The van der Waals surface area contributed by atoms with Crippen molar-refractivity contribution in [1.29, 1.82) is 5.41 Å². The first-order valence-electron chi connectivity index (χ1n) is 9.48. The average Bonchev–Trinajstić information content (AvgIpc) is 2.60. The zero-order valence-corrected chi connectivity index (χ0v) is 16.9. The van der Waals surface area contributed by atoms with E-state index in [0.717, 1.165) is 12.8 Å². The first-order valence-corrected chi connectivity index (χ1v) is 9.48. The number of hydrazine groups is 1. The lowest BCUT2D eigenvalue weighted by atomic mass is 10.1. The second-order valence-electron chi connectivity index (χ2n) is 6.68. The van der Waals surface area contributed by atoms with Crippen LogP contribution in [-0.2, 0) is 14.3 Å². The number of carbonyl (C=O) groups excluding carboxylic acids is 2. The molecule has 0 rings (SSSR count). The van der Waals surface area contributed by atoms with Crippen LogP contribution in [0.4, 0.5) is 0 Å². The lowest BCUT2D eigenvalue weighted by Gasteiger charge is -2.19. The van der Waals surface area contributed by atoms with Crippen LogP contribution in [0.1, 0.15) is 52.9 Å². The summed E-state index contributed by atoms with van der Waals surface area (Å²) in [6.07, 6.45) is 3.25. The molecule has 0 aliphatic rings. The molecule has 0 bridgehead atoms. The Balaban J connectivity index is 4.45. The molecule has 0 unspecified atom stereocenters. The smallest absolute Gasteiger partial charge is 0.251 e. The summed E-state index contributed by atoms with van der Waals surface area (Å²) in [5, 5.41) is 24.6. The summed E-state index contributed by atoms with van der Waals surface area (Å²) < 4.78 is 5.26. The largest absolute Gasteiger partial charge is 0.372 e. The molecule has 0 heterocycles. The van der Waals surface area contributed by atoms with Crippen LogP contribution in [0.25, 0.3) is 0 Å². The third-order valence-corrected chi connectivity index (χ3v) is 3.54. The number of nitrogens with zero attached hydrogens (tertiary/aromatic N) is 1. The Bertz CT molecular complexity index is 500. The van der Waals surface area contributed by atoms with E-state index in [0.29, 0.717) is 31.8 Å². The van der Waals surface area contributed by atoms with Crippen molar-refractivity contribution >= 4 is 17.8 Å². The van der Waals surface area contributed by atoms with Gasteiger partial charge in [-0.25, -0.2) is 10.1 Å². The molecule has 1 atom stereocenters. The third-order valence-electron chi connectivity index (χ3n) is 3.54. The maximum Gasteiger partial charge on any atom is 0.251 e. The van der Waals surface area contributed by atoms with E-state index in [4.69, 9.17) is 10.1 Å². The van der Waals surface area contributed by atoms with E-state index in [1.807, 2.05) is 20.8 Å². The highest BCUT2D eigenvalue weighted by molar-refractivity contribution is 5.88. The summed E-state index contributed by atoms with van der Waals surface area (Å²) in [6, 6.07) is -0.759. The summed E-state index contributed by atoms with van der Waals surface area (Å²) in [5.41, 5.74) is 1.68. The average molecular weight is 401 g/mol. The standard InChI is InChI=1S/C17H33N6O5/c1-4-5-11-28-12-15(24)21-14(16(25)19-10-8-13(2)3)7-6-9-20-17(18)22-23(26)27/h10,13-14H,4-9,11-12H2,1-3H3,(H,19,25)(H,21,24)(H3,18,20,22)/t14-/m0/s1. The molecular weight excluding hydrogens is 368 g/mol. The Morgan fingerprint density at radius 2 is 2.00 bits per heavy atom. The van der Waals surface area contributed by atoms with Crippen LogP contribution in [0.15, 0.2) is 0 Å². The van der Waals surface area contributed by atoms with Crippen LogP contribution in [0.5, 0.6) is 0 Å². The number of carbonyl (C=O) groups is 2. The highest BCUT2D eigenvalue weighted by Gasteiger charge is 2.20. The van der Waals surface area contributed by atoms with Gasteiger partial charge in [0.15, 0.2) is 5.03 Å². The van der Waals surface area contributed by atoms with E-state index < -0.39 is 17.0 Å². The van der Waals surface area contributed by atoms with Crippen molar-refractivity contribution in [3.05, 3.63) is 16.7 Å². The van der Waals surface area contributed by atoms with E-state index in [-0.39, 0.29) is 25.0 Å².